The summed E-state index contributed by atoms with van der Waals surface area (Å²) >= 11 is 1.60. The number of anilines is 1. The number of nitrogens with zero attached hydrogens (tertiary/aromatic N) is 1. The minimum Gasteiger partial charge on any atom is -0.326 e. The van der Waals surface area contributed by atoms with Crippen LogP contribution in [0, 0.1) is 0 Å². The summed E-state index contributed by atoms with van der Waals surface area (Å²) in [6.07, 6.45) is 2.26. The van der Waals surface area contributed by atoms with E-state index in [9.17, 15) is 4.79 Å². The van der Waals surface area contributed by atoms with Gasteiger partial charge in [0.25, 0.3) is 0 Å². The van der Waals surface area contributed by atoms with Gasteiger partial charge >= 0.3 is 0 Å². The Labute approximate surface area is 123 Å². The first-order valence-corrected chi connectivity index (χ1v) is 7.60. The van der Waals surface area contributed by atoms with Crippen LogP contribution in [0.2, 0.25) is 0 Å². The molecule has 1 aromatic carbocycles. The molecule has 20 heavy (non-hydrogen) atoms. The zero-order chi connectivity index (χ0) is 14.4. The minimum absolute atomic E-state index is 0.0282. The first-order valence-electron chi connectivity index (χ1n) is 6.72. The molecule has 2 rings (SSSR count). The van der Waals surface area contributed by atoms with Crippen LogP contribution in [-0.4, -0.2) is 23.5 Å². The number of rotatable bonds is 6. The zero-order valence-corrected chi connectivity index (χ0v) is 12.5. The molecule has 0 saturated carbocycles. The van der Waals surface area contributed by atoms with E-state index >= 15 is 0 Å². The van der Waals surface area contributed by atoms with Gasteiger partial charge in [-0.25, -0.2) is 4.98 Å². The van der Waals surface area contributed by atoms with Crippen molar-refractivity contribution in [2.24, 2.45) is 0 Å². The first kappa shape index (κ1) is 14.7. The van der Waals surface area contributed by atoms with Crippen molar-refractivity contribution in [2.45, 2.75) is 26.3 Å². The molecule has 1 aromatic heterocycles. The molecule has 0 radical (unpaired) electrons. The van der Waals surface area contributed by atoms with E-state index in [-0.39, 0.29) is 11.9 Å². The van der Waals surface area contributed by atoms with E-state index in [0.29, 0.717) is 6.42 Å². The van der Waals surface area contributed by atoms with Gasteiger partial charge in [0.1, 0.15) is 5.01 Å². The topological polar surface area (TPSA) is 54.0 Å². The molecule has 0 aliphatic carbocycles. The van der Waals surface area contributed by atoms with Crippen LogP contribution < -0.4 is 10.6 Å². The highest BCUT2D eigenvalue weighted by atomic mass is 32.1. The summed E-state index contributed by atoms with van der Waals surface area (Å²) in [5.41, 5.74) is 1.89. The molecule has 0 aliphatic rings. The van der Waals surface area contributed by atoms with Gasteiger partial charge in [0, 0.05) is 35.3 Å². The normalized spacial score (nSPS) is 12.1. The average Bonchev–Trinajstić information content (AvgIpc) is 2.93. The van der Waals surface area contributed by atoms with Crippen molar-refractivity contribution in [2.75, 3.05) is 11.9 Å². The molecule has 0 fully saturated rings. The van der Waals surface area contributed by atoms with Crippen LogP contribution in [0.25, 0.3) is 10.6 Å². The van der Waals surface area contributed by atoms with Gasteiger partial charge in [0.15, 0.2) is 0 Å². The maximum Gasteiger partial charge on any atom is 0.225 e. The molecule has 5 heteroatoms. The monoisotopic (exact) mass is 289 g/mol. The summed E-state index contributed by atoms with van der Waals surface area (Å²) in [5, 5.41) is 9.07. The standard InChI is InChI=1S/C15H19N3OS/c1-3-16-11(2)10-14(19)18-13-6-4-12(5-7-13)15-17-8-9-20-15/h4-9,11,16H,3,10H2,1-2H3,(H,18,19). The number of benzene rings is 1. The maximum atomic E-state index is 11.8. The van der Waals surface area contributed by atoms with E-state index in [0.717, 1.165) is 22.8 Å². The minimum atomic E-state index is 0.0282. The lowest BCUT2D eigenvalue weighted by molar-refractivity contribution is -0.116. The molecule has 1 unspecified atom stereocenters. The first-order chi connectivity index (χ1) is 9.69. The fourth-order valence-corrected chi connectivity index (χ4v) is 2.62. The Hall–Kier alpha value is -1.72. The summed E-state index contributed by atoms with van der Waals surface area (Å²) < 4.78 is 0. The van der Waals surface area contributed by atoms with Gasteiger partial charge in [-0.15, -0.1) is 11.3 Å². The quantitative estimate of drug-likeness (QED) is 0.859. The van der Waals surface area contributed by atoms with E-state index in [4.69, 9.17) is 0 Å². The van der Waals surface area contributed by atoms with E-state index in [2.05, 4.69) is 15.6 Å². The van der Waals surface area contributed by atoms with E-state index in [1.54, 1.807) is 17.5 Å². The number of nitrogens with one attached hydrogen (secondary N) is 2. The molecule has 1 amide bonds. The third-order valence-corrected chi connectivity index (χ3v) is 3.71. The second-order valence-corrected chi connectivity index (χ2v) is 5.52. The lowest BCUT2D eigenvalue weighted by Crippen LogP contribution is -2.30. The predicted molar refractivity (Wildman–Crippen MR) is 83.9 cm³/mol. The highest BCUT2D eigenvalue weighted by Crippen LogP contribution is 2.23. The molecule has 4 nitrogen and oxygen atoms in total. The molecule has 0 aliphatic heterocycles. The zero-order valence-electron chi connectivity index (χ0n) is 11.7. The summed E-state index contributed by atoms with van der Waals surface area (Å²) in [5.74, 6) is 0.0282. The van der Waals surface area contributed by atoms with Gasteiger partial charge in [-0.2, -0.15) is 0 Å². The van der Waals surface area contributed by atoms with Gasteiger partial charge in [-0.1, -0.05) is 6.92 Å². The van der Waals surface area contributed by atoms with E-state index in [1.165, 1.54) is 0 Å². The highest BCUT2D eigenvalue weighted by molar-refractivity contribution is 7.13. The number of aromatic nitrogens is 1. The number of thiazole rings is 1. The molecule has 0 spiro atoms. The fraction of sp³-hybridized carbons (Fsp3) is 0.333. The molecule has 1 heterocycles. The predicted octanol–water partition coefficient (Wildman–Crippen LogP) is 3.14. The van der Waals surface area contributed by atoms with Crippen molar-refractivity contribution in [3.05, 3.63) is 35.8 Å². The Bertz CT molecular complexity index is 537. The Morgan fingerprint density at radius 2 is 2.10 bits per heavy atom. The highest BCUT2D eigenvalue weighted by Gasteiger charge is 2.08. The fourth-order valence-electron chi connectivity index (χ4n) is 1.97. The van der Waals surface area contributed by atoms with E-state index < -0.39 is 0 Å². The molecule has 106 valence electrons. The molecular formula is C15H19N3OS. The molecule has 0 bridgehead atoms. The van der Waals surface area contributed by atoms with Crippen molar-refractivity contribution >= 4 is 22.9 Å². The Balaban J connectivity index is 1.92. The molecule has 2 N–H and O–H groups in total. The summed E-state index contributed by atoms with van der Waals surface area (Å²) in [7, 11) is 0. The summed E-state index contributed by atoms with van der Waals surface area (Å²) in [6, 6.07) is 7.96. The lowest BCUT2D eigenvalue weighted by Gasteiger charge is -2.12. The van der Waals surface area contributed by atoms with Crippen LogP contribution in [0.4, 0.5) is 5.69 Å². The lowest BCUT2D eigenvalue weighted by atomic mass is 10.2. The van der Waals surface area contributed by atoms with Gasteiger partial charge in [0.2, 0.25) is 5.91 Å². The molecular weight excluding hydrogens is 270 g/mol. The average molecular weight is 289 g/mol. The van der Waals surface area contributed by atoms with E-state index in [1.807, 2.05) is 43.5 Å². The second kappa shape index (κ2) is 7.17. The summed E-state index contributed by atoms with van der Waals surface area (Å²) in [4.78, 5) is 16.1. The number of carbonyl (C=O) groups excluding carboxylic acids is 1. The van der Waals surface area contributed by atoms with Gasteiger partial charge in [-0.3, -0.25) is 4.79 Å². The van der Waals surface area contributed by atoms with Gasteiger partial charge in [-0.05, 0) is 37.7 Å². The van der Waals surface area contributed by atoms with Gasteiger partial charge in [0.05, 0.1) is 0 Å². The second-order valence-electron chi connectivity index (χ2n) is 4.63. The Morgan fingerprint density at radius 3 is 2.70 bits per heavy atom. The Morgan fingerprint density at radius 1 is 1.35 bits per heavy atom. The largest absolute Gasteiger partial charge is 0.326 e. The smallest absolute Gasteiger partial charge is 0.225 e. The maximum absolute atomic E-state index is 11.8. The SMILES string of the molecule is CCNC(C)CC(=O)Nc1ccc(-c2nccs2)cc1. The third kappa shape index (κ3) is 4.15. The van der Waals surface area contributed by atoms with Crippen molar-refractivity contribution in [1.29, 1.82) is 0 Å². The number of amides is 1. The Kier molecular flexibility index (Phi) is 5.26. The van der Waals surface area contributed by atoms with Crippen LogP contribution in [0.3, 0.4) is 0 Å². The number of hydrogen-bond donors (Lipinski definition) is 2. The van der Waals surface area contributed by atoms with Crippen LogP contribution in [0.1, 0.15) is 20.3 Å². The number of hydrogen-bond acceptors (Lipinski definition) is 4. The van der Waals surface area contributed by atoms with Crippen LogP contribution >= 0.6 is 11.3 Å². The van der Waals surface area contributed by atoms with Crippen molar-refractivity contribution in [3.8, 4) is 10.6 Å². The van der Waals surface area contributed by atoms with Crippen LogP contribution in [0.5, 0.6) is 0 Å². The van der Waals surface area contributed by atoms with Crippen molar-refractivity contribution < 1.29 is 4.79 Å². The number of carbonyl (C=O) groups is 1. The van der Waals surface area contributed by atoms with Crippen molar-refractivity contribution in [3.63, 3.8) is 0 Å². The molecule has 2 aromatic rings. The van der Waals surface area contributed by atoms with Crippen LogP contribution in [-0.2, 0) is 4.79 Å². The molecule has 0 saturated heterocycles. The molecule has 1 atom stereocenters. The van der Waals surface area contributed by atoms with Crippen LogP contribution in [0.15, 0.2) is 35.8 Å². The third-order valence-electron chi connectivity index (χ3n) is 2.89. The van der Waals surface area contributed by atoms with Gasteiger partial charge < -0.3 is 10.6 Å². The summed E-state index contributed by atoms with van der Waals surface area (Å²) in [6.45, 7) is 4.91. The van der Waals surface area contributed by atoms with Crippen molar-refractivity contribution in [1.82, 2.24) is 10.3 Å².